The Bertz CT molecular complexity index is 3560. The van der Waals surface area contributed by atoms with Crippen LogP contribution in [0.3, 0.4) is 0 Å². The zero-order chi connectivity index (χ0) is 43.5. The van der Waals surface area contributed by atoms with Crippen LogP contribution >= 0.6 is 0 Å². The smallest absolute Gasteiger partial charge is 0.0619 e. The van der Waals surface area contributed by atoms with Gasteiger partial charge in [0.05, 0.1) is 22.4 Å². The summed E-state index contributed by atoms with van der Waals surface area (Å²) in [5.41, 5.74) is 21.3. The number of aromatic nitrogens is 1. The van der Waals surface area contributed by atoms with Crippen LogP contribution in [0.5, 0.6) is 0 Å². The minimum atomic E-state index is -0.264. The molecule has 0 fully saturated rings. The zero-order valence-corrected chi connectivity index (χ0v) is 36.5. The van der Waals surface area contributed by atoms with Crippen LogP contribution in [0.15, 0.2) is 243 Å². The first kappa shape index (κ1) is 38.5. The van der Waals surface area contributed by atoms with Crippen molar-refractivity contribution in [3.8, 4) is 61.3 Å². The topological polar surface area (TPSA) is 8.17 Å². The van der Waals surface area contributed by atoms with Crippen LogP contribution in [0.25, 0.3) is 83.1 Å². The fourth-order valence-corrected chi connectivity index (χ4v) is 10.8. The molecule has 0 saturated heterocycles. The van der Waals surface area contributed by atoms with Gasteiger partial charge in [-0.25, -0.2) is 0 Å². The van der Waals surface area contributed by atoms with E-state index in [0.717, 1.165) is 22.6 Å². The van der Waals surface area contributed by atoms with Crippen molar-refractivity contribution in [1.82, 2.24) is 4.57 Å². The largest absolute Gasteiger partial charge is 0.309 e. The molecule has 10 aromatic carbocycles. The molecule has 308 valence electrons. The molecule has 1 aromatic heterocycles. The van der Waals surface area contributed by atoms with Crippen molar-refractivity contribution in [3.63, 3.8) is 0 Å². The van der Waals surface area contributed by atoms with Gasteiger partial charge in [0.15, 0.2) is 0 Å². The lowest BCUT2D eigenvalue weighted by Crippen LogP contribution is -2.21. The van der Waals surface area contributed by atoms with Gasteiger partial charge in [0.25, 0.3) is 0 Å². The Morgan fingerprint density at radius 2 is 0.892 bits per heavy atom. The third kappa shape index (κ3) is 6.25. The molecule has 0 radical (unpaired) electrons. The Labute approximate surface area is 381 Å². The predicted octanol–water partition coefficient (Wildman–Crippen LogP) is 17.2. The standard InChI is InChI=1S/C63H46N2/c1-63(2)56-38-16-14-31-51(56)54-36-21-41-59(61(54)63)64(58-40-20-34-49(44-24-8-4-9-25-44)60(58)53-33-13-12-30-48(53)43-22-6-3-7-23-43)47-29-18-26-45(42-47)50-35-19-37-55-52-32-15-17-39-57(52)65(62(50)55)46-27-10-5-11-28-46/h3-42H,1-2H3. The molecule has 11 aromatic rings. The molecule has 0 atom stereocenters. The van der Waals surface area contributed by atoms with Crippen LogP contribution in [-0.2, 0) is 5.41 Å². The molecule has 1 aliphatic carbocycles. The molecule has 0 saturated carbocycles. The first-order chi connectivity index (χ1) is 32.1. The highest BCUT2D eigenvalue weighted by Gasteiger charge is 2.39. The minimum absolute atomic E-state index is 0.264. The summed E-state index contributed by atoms with van der Waals surface area (Å²) in [6.07, 6.45) is 0. The summed E-state index contributed by atoms with van der Waals surface area (Å²) in [6, 6.07) is 89.0. The van der Waals surface area contributed by atoms with Crippen molar-refractivity contribution in [2.75, 3.05) is 4.90 Å². The van der Waals surface area contributed by atoms with Crippen molar-refractivity contribution < 1.29 is 0 Å². The lowest BCUT2D eigenvalue weighted by molar-refractivity contribution is 0.661. The van der Waals surface area contributed by atoms with Gasteiger partial charge in [-0.3, -0.25) is 0 Å². The maximum atomic E-state index is 2.56. The van der Waals surface area contributed by atoms with Gasteiger partial charge < -0.3 is 9.47 Å². The Kier molecular flexibility index (Phi) is 9.21. The molecule has 0 amide bonds. The molecule has 0 bridgehead atoms. The van der Waals surface area contributed by atoms with Crippen molar-refractivity contribution >= 4 is 38.9 Å². The van der Waals surface area contributed by atoms with Crippen LogP contribution in [0.4, 0.5) is 17.1 Å². The first-order valence-corrected chi connectivity index (χ1v) is 22.6. The molecular weight excluding hydrogens is 785 g/mol. The van der Waals surface area contributed by atoms with E-state index >= 15 is 0 Å². The lowest BCUT2D eigenvalue weighted by atomic mass is 9.81. The van der Waals surface area contributed by atoms with Gasteiger partial charge in [0, 0.05) is 38.7 Å². The number of nitrogens with zero attached hydrogens (tertiary/aromatic N) is 2. The fraction of sp³-hybridized carbons (Fsp3) is 0.0476. The first-order valence-electron chi connectivity index (χ1n) is 22.6. The molecule has 65 heavy (non-hydrogen) atoms. The van der Waals surface area contributed by atoms with Gasteiger partial charge in [-0.15, -0.1) is 0 Å². The maximum absolute atomic E-state index is 2.56. The summed E-state index contributed by atoms with van der Waals surface area (Å²) in [4.78, 5) is 2.56. The molecule has 0 N–H and O–H groups in total. The Hall–Kier alpha value is -8.20. The van der Waals surface area contributed by atoms with E-state index in [-0.39, 0.29) is 5.41 Å². The average molecular weight is 831 g/mol. The number of hydrogen-bond donors (Lipinski definition) is 0. The SMILES string of the molecule is CC1(C)c2ccccc2-c2cccc(N(c3cccc(-c4cccc5c6ccccc6n(-c6ccccc6)c45)c3)c3cccc(-c4ccccc4)c3-c3ccccc3-c3ccccc3)c21. The van der Waals surface area contributed by atoms with Crippen molar-refractivity contribution in [2.24, 2.45) is 0 Å². The van der Waals surface area contributed by atoms with E-state index in [4.69, 9.17) is 0 Å². The van der Waals surface area contributed by atoms with Crippen LogP contribution in [0, 0.1) is 0 Å². The average Bonchev–Trinajstić information content (AvgIpc) is 3.84. The van der Waals surface area contributed by atoms with Crippen LogP contribution in [-0.4, -0.2) is 4.57 Å². The molecular formula is C63H46N2. The van der Waals surface area contributed by atoms with Gasteiger partial charge in [-0.1, -0.05) is 214 Å². The highest BCUT2D eigenvalue weighted by Crippen LogP contribution is 2.56. The van der Waals surface area contributed by atoms with Gasteiger partial charge >= 0.3 is 0 Å². The molecule has 0 unspecified atom stereocenters. The summed E-state index contributed by atoms with van der Waals surface area (Å²) in [7, 11) is 0. The van der Waals surface area contributed by atoms with Crippen molar-refractivity contribution in [2.45, 2.75) is 19.3 Å². The molecule has 1 heterocycles. The summed E-state index contributed by atoms with van der Waals surface area (Å²) in [5.74, 6) is 0. The normalized spacial score (nSPS) is 12.6. The van der Waals surface area contributed by atoms with E-state index in [0.29, 0.717) is 0 Å². The van der Waals surface area contributed by atoms with E-state index in [9.17, 15) is 0 Å². The molecule has 1 aliphatic rings. The van der Waals surface area contributed by atoms with Crippen molar-refractivity contribution in [1.29, 1.82) is 0 Å². The Balaban J connectivity index is 1.17. The monoisotopic (exact) mass is 830 g/mol. The van der Waals surface area contributed by atoms with Crippen LogP contribution in [0.2, 0.25) is 0 Å². The van der Waals surface area contributed by atoms with Gasteiger partial charge in [0.1, 0.15) is 0 Å². The quantitative estimate of drug-likeness (QED) is 0.148. The number of fused-ring (bicyclic) bond motifs is 6. The second-order valence-corrected chi connectivity index (χ2v) is 17.6. The van der Waals surface area contributed by atoms with Gasteiger partial charge in [-0.05, 0) is 98.1 Å². The van der Waals surface area contributed by atoms with Crippen molar-refractivity contribution in [3.05, 3.63) is 254 Å². The summed E-state index contributed by atoms with van der Waals surface area (Å²) in [5, 5.41) is 2.48. The number of anilines is 3. The summed E-state index contributed by atoms with van der Waals surface area (Å²) < 4.78 is 2.44. The Morgan fingerprint density at radius 1 is 0.369 bits per heavy atom. The third-order valence-electron chi connectivity index (χ3n) is 13.6. The molecule has 2 nitrogen and oxygen atoms in total. The maximum Gasteiger partial charge on any atom is 0.0619 e. The number of hydrogen-bond acceptors (Lipinski definition) is 1. The molecule has 0 aliphatic heterocycles. The number of benzene rings is 10. The van der Waals surface area contributed by atoms with E-state index in [1.54, 1.807) is 0 Å². The summed E-state index contributed by atoms with van der Waals surface area (Å²) >= 11 is 0. The van der Waals surface area contributed by atoms with Crippen LogP contribution < -0.4 is 4.90 Å². The highest BCUT2D eigenvalue weighted by molar-refractivity contribution is 6.14. The third-order valence-corrected chi connectivity index (χ3v) is 13.6. The van der Waals surface area contributed by atoms with Gasteiger partial charge in [-0.2, -0.15) is 0 Å². The highest BCUT2D eigenvalue weighted by atomic mass is 15.1. The second-order valence-electron chi connectivity index (χ2n) is 17.6. The van der Waals surface area contributed by atoms with E-state index in [1.807, 2.05) is 0 Å². The number of rotatable bonds is 8. The Morgan fingerprint density at radius 3 is 1.66 bits per heavy atom. The second kappa shape index (κ2) is 15.6. The minimum Gasteiger partial charge on any atom is -0.309 e. The molecule has 0 spiro atoms. The summed E-state index contributed by atoms with van der Waals surface area (Å²) in [6.45, 7) is 4.79. The fourth-order valence-electron chi connectivity index (χ4n) is 10.8. The van der Waals surface area contributed by atoms with E-state index in [1.165, 1.54) is 88.7 Å². The van der Waals surface area contributed by atoms with E-state index in [2.05, 4.69) is 266 Å². The number of para-hydroxylation sites is 3. The zero-order valence-electron chi connectivity index (χ0n) is 36.5. The lowest BCUT2D eigenvalue weighted by Gasteiger charge is -2.34. The molecule has 2 heteroatoms. The van der Waals surface area contributed by atoms with Gasteiger partial charge in [0.2, 0.25) is 0 Å². The van der Waals surface area contributed by atoms with Crippen LogP contribution in [0.1, 0.15) is 25.0 Å². The predicted molar refractivity (Wildman–Crippen MR) is 275 cm³/mol. The van der Waals surface area contributed by atoms with E-state index < -0.39 is 0 Å². The molecule has 12 rings (SSSR count).